The van der Waals surface area contributed by atoms with Gasteiger partial charge >= 0.3 is 0 Å². The molecule has 1 aliphatic heterocycles. The molecule has 0 saturated carbocycles. The second-order valence-corrected chi connectivity index (χ2v) is 4.69. The number of nitrogens with zero attached hydrogens (tertiary/aromatic N) is 2. The largest absolute Gasteiger partial charge is 0.474 e. The monoisotopic (exact) mass is 249 g/mol. The summed E-state index contributed by atoms with van der Waals surface area (Å²) in [5.74, 6) is 0.527. The Hall–Kier alpha value is -1.62. The van der Waals surface area contributed by atoms with Crippen molar-refractivity contribution in [3.05, 3.63) is 18.3 Å². The van der Waals surface area contributed by atoms with Crippen LogP contribution in [0.3, 0.4) is 0 Å². The van der Waals surface area contributed by atoms with Crippen LogP contribution in [0.5, 0.6) is 5.88 Å². The topological polar surface area (TPSA) is 54.5 Å². The zero-order valence-electron chi connectivity index (χ0n) is 10.8. The second kappa shape index (κ2) is 5.82. The van der Waals surface area contributed by atoms with Crippen molar-refractivity contribution in [3.8, 4) is 5.88 Å². The quantitative estimate of drug-likeness (QED) is 0.882. The van der Waals surface area contributed by atoms with Crippen molar-refractivity contribution >= 4 is 11.6 Å². The van der Waals surface area contributed by atoms with E-state index in [1.165, 1.54) is 6.92 Å². The maximum absolute atomic E-state index is 10.9. The molecular weight excluding hydrogens is 230 g/mol. The van der Waals surface area contributed by atoms with Gasteiger partial charge in [0, 0.05) is 26.1 Å². The fourth-order valence-corrected chi connectivity index (χ4v) is 2.00. The lowest BCUT2D eigenvalue weighted by atomic mass is 10.1. The fourth-order valence-electron chi connectivity index (χ4n) is 2.00. The molecule has 1 fully saturated rings. The number of anilines is 1. The van der Waals surface area contributed by atoms with Gasteiger partial charge in [0.05, 0.1) is 11.9 Å². The Labute approximate surface area is 107 Å². The lowest BCUT2D eigenvalue weighted by Gasteiger charge is -2.28. The molecule has 1 aromatic rings. The minimum absolute atomic E-state index is 0.0965. The molecule has 5 heteroatoms. The first-order valence-corrected chi connectivity index (χ1v) is 6.22. The highest BCUT2D eigenvalue weighted by Gasteiger charge is 2.18. The first-order chi connectivity index (χ1) is 8.63. The van der Waals surface area contributed by atoms with Crippen LogP contribution in [0, 0.1) is 0 Å². The van der Waals surface area contributed by atoms with Gasteiger partial charge in [0.1, 0.15) is 6.10 Å². The minimum Gasteiger partial charge on any atom is -0.474 e. The van der Waals surface area contributed by atoms with Crippen LogP contribution in [0.25, 0.3) is 0 Å². The van der Waals surface area contributed by atoms with E-state index in [-0.39, 0.29) is 12.0 Å². The van der Waals surface area contributed by atoms with Gasteiger partial charge in [-0.2, -0.15) is 0 Å². The van der Waals surface area contributed by atoms with Crippen LogP contribution in [0.15, 0.2) is 18.3 Å². The van der Waals surface area contributed by atoms with E-state index < -0.39 is 0 Å². The highest BCUT2D eigenvalue weighted by Crippen LogP contribution is 2.17. The molecular formula is C13H19N3O2. The molecule has 0 aliphatic carbocycles. The fraction of sp³-hybridized carbons (Fsp3) is 0.538. The van der Waals surface area contributed by atoms with Gasteiger partial charge in [-0.25, -0.2) is 4.98 Å². The summed E-state index contributed by atoms with van der Waals surface area (Å²) >= 11 is 0. The smallest absolute Gasteiger partial charge is 0.221 e. The van der Waals surface area contributed by atoms with Gasteiger partial charge < -0.3 is 15.0 Å². The maximum atomic E-state index is 10.9. The van der Waals surface area contributed by atoms with E-state index in [9.17, 15) is 4.79 Å². The SMILES string of the molecule is CC(=O)Nc1ccc(OC2CCN(C)CC2)nc1. The van der Waals surface area contributed by atoms with Gasteiger partial charge in [-0.3, -0.25) is 4.79 Å². The molecule has 0 atom stereocenters. The molecule has 1 saturated heterocycles. The number of ether oxygens (including phenoxy) is 1. The molecule has 0 unspecified atom stereocenters. The van der Waals surface area contributed by atoms with Crippen molar-refractivity contribution in [1.82, 2.24) is 9.88 Å². The van der Waals surface area contributed by atoms with E-state index in [1.54, 1.807) is 18.3 Å². The summed E-state index contributed by atoms with van der Waals surface area (Å²) in [5, 5.41) is 2.68. The number of pyridine rings is 1. The molecule has 5 nitrogen and oxygen atoms in total. The van der Waals surface area contributed by atoms with E-state index in [4.69, 9.17) is 4.74 Å². The van der Waals surface area contributed by atoms with E-state index in [0.717, 1.165) is 25.9 Å². The molecule has 1 N–H and O–H groups in total. The average molecular weight is 249 g/mol. The van der Waals surface area contributed by atoms with Crippen LogP contribution >= 0.6 is 0 Å². The first-order valence-electron chi connectivity index (χ1n) is 6.22. The highest BCUT2D eigenvalue weighted by atomic mass is 16.5. The molecule has 1 aliphatic rings. The standard InChI is InChI=1S/C13H19N3O2/c1-10(17)15-11-3-4-13(14-9-11)18-12-5-7-16(2)8-6-12/h3-4,9,12H,5-8H2,1-2H3,(H,15,17). The van der Waals surface area contributed by atoms with Gasteiger partial charge in [-0.1, -0.05) is 0 Å². The number of likely N-dealkylation sites (tertiary alicyclic amines) is 1. The number of hydrogen-bond acceptors (Lipinski definition) is 4. The number of aromatic nitrogens is 1. The number of nitrogens with one attached hydrogen (secondary N) is 1. The molecule has 0 bridgehead atoms. The number of amides is 1. The van der Waals surface area contributed by atoms with Gasteiger partial charge in [0.15, 0.2) is 0 Å². The minimum atomic E-state index is -0.0965. The molecule has 98 valence electrons. The van der Waals surface area contributed by atoms with Crippen LogP contribution in [-0.4, -0.2) is 42.0 Å². The zero-order valence-corrected chi connectivity index (χ0v) is 10.8. The predicted molar refractivity (Wildman–Crippen MR) is 69.7 cm³/mol. The number of rotatable bonds is 3. The Bertz CT molecular complexity index is 397. The molecule has 2 rings (SSSR count). The van der Waals surface area contributed by atoms with Gasteiger partial charge in [0.25, 0.3) is 0 Å². The average Bonchev–Trinajstić information content (AvgIpc) is 2.34. The third-order valence-corrected chi connectivity index (χ3v) is 3.01. The van der Waals surface area contributed by atoms with Gasteiger partial charge in [0.2, 0.25) is 11.8 Å². The van der Waals surface area contributed by atoms with Crippen molar-refractivity contribution in [2.75, 3.05) is 25.5 Å². The van der Waals surface area contributed by atoms with E-state index in [2.05, 4.69) is 22.2 Å². The lowest BCUT2D eigenvalue weighted by Crippen LogP contribution is -2.35. The van der Waals surface area contributed by atoms with E-state index in [0.29, 0.717) is 11.6 Å². The Morgan fingerprint density at radius 3 is 2.72 bits per heavy atom. The van der Waals surface area contributed by atoms with Crippen molar-refractivity contribution in [2.24, 2.45) is 0 Å². The number of hydrogen-bond donors (Lipinski definition) is 1. The second-order valence-electron chi connectivity index (χ2n) is 4.69. The predicted octanol–water partition coefficient (Wildman–Crippen LogP) is 1.51. The molecule has 0 radical (unpaired) electrons. The molecule has 1 amide bonds. The van der Waals surface area contributed by atoms with Crippen LogP contribution in [-0.2, 0) is 4.79 Å². The molecule has 0 spiro atoms. The van der Waals surface area contributed by atoms with Crippen molar-refractivity contribution in [1.29, 1.82) is 0 Å². The maximum Gasteiger partial charge on any atom is 0.221 e. The summed E-state index contributed by atoms with van der Waals surface area (Å²) < 4.78 is 5.81. The first kappa shape index (κ1) is 12.8. The summed E-state index contributed by atoms with van der Waals surface area (Å²) in [4.78, 5) is 17.4. The van der Waals surface area contributed by atoms with Crippen molar-refractivity contribution in [2.45, 2.75) is 25.9 Å². The molecule has 0 aromatic carbocycles. The number of carbonyl (C=O) groups is 1. The Morgan fingerprint density at radius 2 is 2.17 bits per heavy atom. The number of piperidine rings is 1. The summed E-state index contributed by atoms with van der Waals surface area (Å²) in [7, 11) is 2.12. The molecule has 1 aromatic heterocycles. The lowest BCUT2D eigenvalue weighted by molar-refractivity contribution is -0.114. The van der Waals surface area contributed by atoms with E-state index >= 15 is 0 Å². The van der Waals surface area contributed by atoms with E-state index in [1.807, 2.05) is 0 Å². The van der Waals surface area contributed by atoms with Gasteiger partial charge in [-0.15, -0.1) is 0 Å². The summed E-state index contributed by atoms with van der Waals surface area (Å²) in [6.45, 7) is 3.60. The Morgan fingerprint density at radius 1 is 1.44 bits per heavy atom. The van der Waals surface area contributed by atoms with Crippen LogP contribution in [0.2, 0.25) is 0 Å². The Balaban J connectivity index is 1.88. The third-order valence-electron chi connectivity index (χ3n) is 3.01. The number of carbonyl (C=O) groups excluding carboxylic acids is 1. The van der Waals surface area contributed by atoms with Crippen LogP contribution < -0.4 is 10.1 Å². The van der Waals surface area contributed by atoms with Crippen molar-refractivity contribution in [3.63, 3.8) is 0 Å². The zero-order chi connectivity index (χ0) is 13.0. The summed E-state index contributed by atoms with van der Waals surface area (Å²) in [6, 6.07) is 3.60. The molecule has 2 heterocycles. The van der Waals surface area contributed by atoms with Gasteiger partial charge in [-0.05, 0) is 26.0 Å². The van der Waals surface area contributed by atoms with Crippen molar-refractivity contribution < 1.29 is 9.53 Å². The summed E-state index contributed by atoms with van der Waals surface area (Å²) in [5.41, 5.74) is 0.693. The normalized spacial score (nSPS) is 17.4. The van der Waals surface area contributed by atoms with Crippen LogP contribution in [0.1, 0.15) is 19.8 Å². The molecule has 18 heavy (non-hydrogen) atoms. The summed E-state index contributed by atoms with van der Waals surface area (Å²) in [6.07, 6.45) is 3.93. The highest BCUT2D eigenvalue weighted by molar-refractivity contribution is 5.88. The Kier molecular flexibility index (Phi) is 4.15. The third kappa shape index (κ3) is 3.70. The van der Waals surface area contributed by atoms with Crippen LogP contribution in [0.4, 0.5) is 5.69 Å².